The molecule has 2 unspecified atom stereocenters. The zero-order chi connectivity index (χ0) is 11.3. The first kappa shape index (κ1) is 12.9. The van der Waals surface area contributed by atoms with E-state index >= 15 is 0 Å². The molecule has 0 aliphatic rings. The number of nitrogens with one attached hydrogen (secondary N) is 1. The monoisotopic (exact) mass is 203 g/mol. The number of aliphatic hydroxyl groups excluding tert-OH is 1. The molecule has 0 rings (SSSR count). The summed E-state index contributed by atoms with van der Waals surface area (Å²) < 4.78 is 0. The maximum atomic E-state index is 11.2. The maximum absolute atomic E-state index is 11.2. The van der Waals surface area contributed by atoms with Gasteiger partial charge in [0.05, 0.1) is 12.1 Å². The standard InChI is InChI=1S/C8H17N3O3/c1-5(12)4-11(3)6(2)7(13)10-8(9)14/h5-6,12H,4H2,1-3H3,(H3,9,10,13,14). The SMILES string of the molecule is CC(O)CN(C)C(C)C(=O)NC(N)=O. The number of urea groups is 1. The third kappa shape index (κ3) is 4.78. The number of hydrogen-bond donors (Lipinski definition) is 3. The summed E-state index contributed by atoms with van der Waals surface area (Å²) >= 11 is 0. The van der Waals surface area contributed by atoms with Crippen LogP contribution >= 0.6 is 0 Å². The third-order valence-corrected chi connectivity index (χ3v) is 1.84. The fourth-order valence-electron chi connectivity index (χ4n) is 1.00. The van der Waals surface area contributed by atoms with Gasteiger partial charge < -0.3 is 10.8 Å². The molecular weight excluding hydrogens is 186 g/mol. The number of carbonyl (C=O) groups excluding carboxylic acids is 2. The highest BCUT2D eigenvalue weighted by molar-refractivity contribution is 5.96. The molecule has 0 aliphatic heterocycles. The van der Waals surface area contributed by atoms with Crippen molar-refractivity contribution < 1.29 is 14.7 Å². The van der Waals surface area contributed by atoms with Gasteiger partial charge in [-0.2, -0.15) is 0 Å². The topological polar surface area (TPSA) is 95.7 Å². The van der Waals surface area contributed by atoms with Gasteiger partial charge in [-0.25, -0.2) is 4.79 Å². The molecule has 14 heavy (non-hydrogen) atoms. The summed E-state index contributed by atoms with van der Waals surface area (Å²) in [4.78, 5) is 23.3. The molecular formula is C8H17N3O3. The first-order chi connectivity index (χ1) is 6.34. The molecule has 6 heteroatoms. The highest BCUT2D eigenvalue weighted by Crippen LogP contribution is 1.97. The lowest BCUT2D eigenvalue weighted by Gasteiger charge is -2.24. The number of amides is 3. The van der Waals surface area contributed by atoms with Crippen molar-refractivity contribution in [3.63, 3.8) is 0 Å². The first-order valence-corrected chi connectivity index (χ1v) is 4.33. The molecule has 0 aromatic carbocycles. The summed E-state index contributed by atoms with van der Waals surface area (Å²) in [5.74, 6) is -0.472. The highest BCUT2D eigenvalue weighted by atomic mass is 16.3. The van der Waals surface area contributed by atoms with Crippen LogP contribution in [0.1, 0.15) is 13.8 Å². The van der Waals surface area contributed by atoms with Gasteiger partial charge in [0.1, 0.15) is 0 Å². The van der Waals surface area contributed by atoms with Gasteiger partial charge in [0.25, 0.3) is 0 Å². The summed E-state index contributed by atoms with van der Waals surface area (Å²) in [6.07, 6.45) is -0.524. The Hall–Kier alpha value is -1.14. The second-order valence-electron chi connectivity index (χ2n) is 3.32. The van der Waals surface area contributed by atoms with E-state index in [2.05, 4.69) is 0 Å². The second-order valence-corrected chi connectivity index (χ2v) is 3.32. The number of nitrogens with two attached hydrogens (primary N) is 1. The normalized spacial score (nSPS) is 14.9. The van der Waals surface area contributed by atoms with Gasteiger partial charge in [-0.05, 0) is 20.9 Å². The molecule has 82 valence electrons. The van der Waals surface area contributed by atoms with E-state index < -0.39 is 24.1 Å². The number of aliphatic hydroxyl groups is 1. The molecule has 0 aromatic heterocycles. The van der Waals surface area contributed by atoms with Crippen molar-refractivity contribution in [3.8, 4) is 0 Å². The summed E-state index contributed by atoms with van der Waals surface area (Å²) in [5, 5.41) is 11.0. The van der Waals surface area contributed by atoms with E-state index in [4.69, 9.17) is 10.8 Å². The zero-order valence-corrected chi connectivity index (χ0v) is 8.65. The van der Waals surface area contributed by atoms with E-state index in [0.717, 1.165) is 0 Å². The number of carbonyl (C=O) groups is 2. The lowest BCUT2D eigenvalue weighted by molar-refractivity contribution is -0.124. The Morgan fingerprint density at radius 2 is 2.00 bits per heavy atom. The van der Waals surface area contributed by atoms with Crippen LogP contribution in [0.3, 0.4) is 0 Å². The average molecular weight is 203 g/mol. The molecule has 0 heterocycles. The summed E-state index contributed by atoms with van der Waals surface area (Å²) in [7, 11) is 1.68. The van der Waals surface area contributed by atoms with Crippen LogP contribution in [0.2, 0.25) is 0 Å². The minimum absolute atomic E-state index is 0.355. The van der Waals surface area contributed by atoms with Crippen molar-refractivity contribution >= 4 is 11.9 Å². The van der Waals surface area contributed by atoms with Gasteiger partial charge in [-0.3, -0.25) is 15.0 Å². The van der Waals surface area contributed by atoms with Crippen LogP contribution in [0, 0.1) is 0 Å². The number of likely N-dealkylation sites (N-methyl/N-ethyl adjacent to an activating group) is 1. The number of rotatable bonds is 4. The molecule has 6 nitrogen and oxygen atoms in total. The minimum Gasteiger partial charge on any atom is -0.392 e. The molecule has 0 radical (unpaired) electrons. The van der Waals surface area contributed by atoms with Crippen LogP contribution < -0.4 is 11.1 Å². The van der Waals surface area contributed by atoms with Crippen LogP contribution in [0.25, 0.3) is 0 Å². The minimum atomic E-state index is -0.868. The van der Waals surface area contributed by atoms with E-state index in [0.29, 0.717) is 6.54 Å². The van der Waals surface area contributed by atoms with Crippen molar-refractivity contribution in [2.24, 2.45) is 5.73 Å². The van der Waals surface area contributed by atoms with E-state index in [1.165, 1.54) is 0 Å². The van der Waals surface area contributed by atoms with E-state index in [1.54, 1.807) is 25.8 Å². The second kappa shape index (κ2) is 5.56. The molecule has 3 amide bonds. The van der Waals surface area contributed by atoms with Gasteiger partial charge >= 0.3 is 6.03 Å². The smallest absolute Gasteiger partial charge is 0.318 e. The van der Waals surface area contributed by atoms with E-state index in [9.17, 15) is 9.59 Å². The Morgan fingerprint density at radius 3 is 2.36 bits per heavy atom. The molecule has 0 aromatic rings. The maximum Gasteiger partial charge on any atom is 0.318 e. The molecule has 0 fully saturated rings. The van der Waals surface area contributed by atoms with Crippen LogP contribution in [0.5, 0.6) is 0 Å². The molecule has 0 saturated heterocycles. The zero-order valence-electron chi connectivity index (χ0n) is 8.65. The Kier molecular flexibility index (Phi) is 5.11. The molecule has 4 N–H and O–H groups in total. The van der Waals surface area contributed by atoms with Crippen molar-refractivity contribution in [2.45, 2.75) is 26.0 Å². The average Bonchev–Trinajstić information content (AvgIpc) is 2.00. The molecule has 0 aliphatic carbocycles. The van der Waals surface area contributed by atoms with Crippen LogP contribution in [-0.2, 0) is 4.79 Å². The third-order valence-electron chi connectivity index (χ3n) is 1.84. The predicted molar refractivity (Wildman–Crippen MR) is 51.5 cm³/mol. The number of primary amides is 1. The fraction of sp³-hybridized carbons (Fsp3) is 0.750. The van der Waals surface area contributed by atoms with Crippen molar-refractivity contribution in [3.05, 3.63) is 0 Å². The number of imide groups is 1. The fourth-order valence-corrected chi connectivity index (χ4v) is 1.00. The quantitative estimate of drug-likeness (QED) is 0.539. The Bertz CT molecular complexity index is 218. The Balaban J connectivity index is 4.10. The van der Waals surface area contributed by atoms with E-state index in [1.807, 2.05) is 5.32 Å². The summed E-state index contributed by atoms with van der Waals surface area (Å²) in [6, 6.07) is -1.37. The van der Waals surface area contributed by atoms with Gasteiger partial charge in [0, 0.05) is 6.54 Å². The summed E-state index contributed by atoms with van der Waals surface area (Å²) in [5.41, 5.74) is 4.79. The molecule has 2 atom stereocenters. The summed E-state index contributed by atoms with van der Waals surface area (Å²) in [6.45, 7) is 3.60. The van der Waals surface area contributed by atoms with Gasteiger partial charge in [0.15, 0.2) is 0 Å². The van der Waals surface area contributed by atoms with Gasteiger partial charge in [-0.1, -0.05) is 0 Å². The largest absolute Gasteiger partial charge is 0.392 e. The van der Waals surface area contributed by atoms with Crippen molar-refractivity contribution in [1.29, 1.82) is 0 Å². The lowest BCUT2D eigenvalue weighted by Crippen LogP contribution is -2.48. The van der Waals surface area contributed by atoms with Crippen LogP contribution in [0.15, 0.2) is 0 Å². The number of hydrogen-bond acceptors (Lipinski definition) is 4. The van der Waals surface area contributed by atoms with E-state index in [-0.39, 0.29) is 0 Å². The van der Waals surface area contributed by atoms with Crippen molar-refractivity contribution in [1.82, 2.24) is 10.2 Å². The number of nitrogens with zero attached hydrogens (tertiary/aromatic N) is 1. The highest BCUT2D eigenvalue weighted by Gasteiger charge is 2.19. The Labute approximate surface area is 83.1 Å². The van der Waals surface area contributed by atoms with Gasteiger partial charge in [-0.15, -0.1) is 0 Å². The Morgan fingerprint density at radius 1 is 1.50 bits per heavy atom. The molecule has 0 saturated carbocycles. The molecule has 0 bridgehead atoms. The van der Waals surface area contributed by atoms with Crippen LogP contribution in [-0.4, -0.2) is 47.7 Å². The van der Waals surface area contributed by atoms with Gasteiger partial charge in [0.2, 0.25) is 5.91 Å². The predicted octanol–water partition coefficient (Wildman–Crippen LogP) is -1.12. The first-order valence-electron chi connectivity index (χ1n) is 4.33. The van der Waals surface area contributed by atoms with Crippen molar-refractivity contribution in [2.75, 3.05) is 13.6 Å². The van der Waals surface area contributed by atoms with Crippen LogP contribution in [0.4, 0.5) is 4.79 Å². The molecule has 0 spiro atoms. The lowest BCUT2D eigenvalue weighted by atomic mass is 10.2.